The van der Waals surface area contributed by atoms with Crippen molar-refractivity contribution in [1.82, 2.24) is 0 Å². The van der Waals surface area contributed by atoms with Crippen LogP contribution in [0.25, 0.3) is 0 Å². The molecule has 0 radical (unpaired) electrons. The molecule has 0 aromatic heterocycles. The summed E-state index contributed by atoms with van der Waals surface area (Å²) in [5, 5.41) is 13.5. The Kier molecular flexibility index (Phi) is 5.53. The summed E-state index contributed by atoms with van der Waals surface area (Å²) in [5.41, 5.74) is 1.68. The lowest BCUT2D eigenvalue weighted by atomic mass is 10.1. The Hall–Kier alpha value is -2.56. The van der Waals surface area contributed by atoms with Gasteiger partial charge in [0, 0.05) is 23.9 Å². The van der Waals surface area contributed by atoms with Gasteiger partial charge in [0.2, 0.25) is 0 Å². The Bertz CT molecular complexity index is 711. The first-order valence-corrected chi connectivity index (χ1v) is 8.64. The number of nitrogens with one attached hydrogen (secondary N) is 1. The molecule has 134 valence electrons. The van der Waals surface area contributed by atoms with Crippen LogP contribution in [0, 0.1) is 0 Å². The van der Waals surface area contributed by atoms with Gasteiger partial charge in [0.25, 0.3) is 0 Å². The molecule has 1 saturated carbocycles. The minimum absolute atomic E-state index is 0.161. The lowest BCUT2D eigenvalue weighted by Gasteiger charge is -2.17. The molecule has 0 saturated heterocycles. The van der Waals surface area contributed by atoms with Crippen LogP contribution in [-0.4, -0.2) is 25.4 Å². The number of ether oxygens (including phenoxy) is 3. The van der Waals surface area contributed by atoms with Crippen molar-refractivity contribution in [2.24, 2.45) is 0 Å². The number of rotatable bonds is 7. The SMILES string of the molecule is COc1ccc(NCc2cccc(OC)c2O)cc1OC1CCCC1. The fourth-order valence-corrected chi connectivity index (χ4v) is 3.14. The molecule has 3 rings (SSSR count). The van der Waals surface area contributed by atoms with Crippen molar-refractivity contribution in [3.8, 4) is 23.0 Å². The van der Waals surface area contributed by atoms with Crippen LogP contribution in [0.1, 0.15) is 31.2 Å². The van der Waals surface area contributed by atoms with E-state index in [1.165, 1.54) is 12.8 Å². The van der Waals surface area contributed by atoms with E-state index < -0.39 is 0 Å². The van der Waals surface area contributed by atoms with E-state index in [1.54, 1.807) is 20.3 Å². The molecule has 5 nitrogen and oxygen atoms in total. The highest BCUT2D eigenvalue weighted by Gasteiger charge is 2.18. The molecular weight excluding hydrogens is 318 g/mol. The second kappa shape index (κ2) is 8.01. The number of anilines is 1. The van der Waals surface area contributed by atoms with Crippen molar-refractivity contribution in [2.45, 2.75) is 38.3 Å². The van der Waals surface area contributed by atoms with E-state index in [-0.39, 0.29) is 11.9 Å². The summed E-state index contributed by atoms with van der Waals surface area (Å²) in [6, 6.07) is 11.3. The van der Waals surface area contributed by atoms with Gasteiger partial charge in [-0.3, -0.25) is 0 Å². The molecule has 2 N–H and O–H groups in total. The average Bonchev–Trinajstić information content (AvgIpc) is 3.14. The quantitative estimate of drug-likeness (QED) is 0.783. The van der Waals surface area contributed by atoms with Crippen molar-refractivity contribution in [2.75, 3.05) is 19.5 Å². The number of hydrogen-bond donors (Lipinski definition) is 2. The van der Waals surface area contributed by atoms with Gasteiger partial charge in [-0.25, -0.2) is 0 Å². The Balaban J connectivity index is 1.72. The van der Waals surface area contributed by atoms with Crippen molar-refractivity contribution in [1.29, 1.82) is 0 Å². The third-order valence-corrected chi connectivity index (χ3v) is 4.54. The molecule has 1 aliphatic carbocycles. The van der Waals surface area contributed by atoms with Crippen LogP contribution in [0.4, 0.5) is 5.69 Å². The molecule has 5 heteroatoms. The minimum atomic E-state index is 0.161. The van der Waals surface area contributed by atoms with Crippen molar-refractivity contribution in [3.63, 3.8) is 0 Å². The minimum Gasteiger partial charge on any atom is -0.504 e. The molecule has 0 unspecified atom stereocenters. The Labute approximate surface area is 148 Å². The molecule has 2 aromatic carbocycles. The molecule has 0 aliphatic heterocycles. The van der Waals surface area contributed by atoms with Crippen molar-refractivity contribution in [3.05, 3.63) is 42.0 Å². The van der Waals surface area contributed by atoms with Crippen LogP contribution in [0.2, 0.25) is 0 Å². The van der Waals surface area contributed by atoms with Gasteiger partial charge in [-0.2, -0.15) is 0 Å². The van der Waals surface area contributed by atoms with Crippen LogP contribution in [0.3, 0.4) is 0 Å². The van der Waals surface area contributed by atoms with Crippen molar-refractivity contribution < 1.29 is 19.3 Å². The zero-order valence-electron chi connectivity index (χ0n) is 14.7. The number of aromatic hydroxyl groups is 1. The summed E-state index contributed by atoms with van der Waals surface area (Å²) >= 11 is 0. The number of methoxy groups -OCH3 is 2. The standard InChI is InChI=1S/C20H25NO4/c1-23-17-11-10-15(12-19(17)25-16-7-3-4-8-16)21-13-14-6-5-9-18(24-2)20(14)22/h5-6,9-12,16,21-22H,3-4,7-8,13H2,1-2H3. The highest BCUT2D eigenvalue weighted by atomic mass is 16.5. The molecule has 25 heavy (non-hydrogen) atoms. The topological polar surface area (TPSA) is 60.0 Å². The van der Waals surface area contributed by atoms with Gasteiger partial charge in [-0.05, 0) is 43.9 Å². The highest BCUT2D eigenvalue weighted by Crippen LogP contribution is 2.35. The van der Waals surface area contributed by atoms with Crippen LogP contribution in [-0.2, 0) is 6.54 Å². The Morgan fingerprint density at radius 1 is 1.00 bits per heavy atom. The van der Waals surface area contributed by atoms with Gasteiger partial charge in [0.15, 0.2) is 23.0 Å². The summed E-state index contributed by atoms with van der Waals surface area (Å²) in [5.74, 6) is 2.13. The monoisotopic (exact) mass is 343 g/mol. The van der Waals surface area contributed by atoms with Gasteiger partial charge < -0.3 is 24.6 Å². The molecule has 0 bridgehead atoms. The third-order valence-electron chi connectivity index (χ3n) is 4.54. The van der Waals surface area contributed by atoms with Crippen molar-refractivity contribution >= 4 is 5.69 Å². The van der Waals surface area contributed by atoms with Crippen LogP contribution in [0.5, 0.6) is 23.0 Å². The van der Waals surface area contributed by atoms with Crippen LogP contribution < -0.4 is 19.5 Å². The van der Waals surface area contributed by atoms with Crippen LogP contribution >= 0.6 is 0 Å². The first-order valence-electron chi connectivity index (χ1n) is 8.64. The van der Waals surface area contributed by atoms with Gasteiger partial charge in [-0.1, -0.05) is 12.1 Å². The van der Waals surface area contributed by atoms with Gasteiger partial charge in [0.05, 0.1) is 20.3 Å². The van der Waals surface area contributed by atoms with E-state index in [4.69, 9.17) is 14.2 Å². The van der Waals surface area contributed by atoms with E-state index in [2.05, 4.69) is 5.32 Å². The van der Waals surface area contributed by atoms with Gasteiger partial charge in [0.1, 0.15) is 0 Å². The summed E-state index contributed by atoms with van der Waals surface area (Å²) in [4.78, 5) is 0. The second-order valence-electron chi connectivity index (χ2n) is 6.21. The maximum absolute atomic E-state index is 10.2. The van der Waals surface area contributed by atoms with Gasteiger partial charge >= 0.3 is 0 Å². The summed E-state index contributed by atoms with van der Waals surface area (Å²) in [6.07, 6.45) is 4.91. The first-order chi connectivity index (χ1) is 12.2. The first kappa shape index (κ1) is 17.3. The summed E-state index contributed by atoms with van der Waals surface area (Å²) < 4.78 is 16.7. The summed E-state index contributed by atoms with van der Waals surface area (Å²) in [7, 11) is 3.20. The predicted octanol–water partition coefficient (Wildman–Crippen LogP) is 4.34. The fraction of sp³-hybridized carbons (Fsp3) is 0.400. The van der Waals surface area contributed by atoms with Gasteiger partial charge in [-0.15, -0.1) is 0 Å². The molecule has 1 aliphatic rings. The molecule has 0 amide bonds. The maximum Gasteiger partial charge on any atom is 0.163 e. The zero-order chi connectivity index (χ0) is 17.6. The number of phenolic OH excluding ortho intramolecular Hbond substituents is 1. The lowest BCUT2D eigenvalue weighted by molar-refractivity contribution is 0.201. The Morgan fingerprint density at radius 3 is 2.48 bits per heavy atom. The molecule has 0 heterocycles. The van der Waals surface area contributed by atoms with E-state index >= 15 is 0 Å². The number of benzene rings is 2. The predicted molar refractivity (Wildman–Crippen MR) is 97.9 cm³/mol. The molecule has 2 aromatic rings. The largest absolute Gasteiger partial charge is 0.504 e. The number of para-hydroxylation sites is 1. The van der Waals surface area contributed by atoms with E-state index in [1.807, 2.05) is 30.3 Å². The maximum atomic E-state index is 10.2. The Morgan fingerprint density at radius 2 is 1.76 bits per heavy atom. The lowest BCUT2D eigenvalue weighted by Crippen LogP contribution is -2.12. The van der Waals surface area contributed by atoms with E-state index in [0.717, 1.165) is 35.6 Å². The number of hydrogen-bond acceptors (Lipinski definition) is 5. The highest BCUT2D eigenvalue weighted by molar-refractivity contribution is 5.56. The van der Waals surface area contributed by atoms with E-state index in [9.17, 15) is 5.11 Å². The van der Waals surface area contributed by atoms with Crippen LogP contribution in [0.15, 0.2) is 36.4 Å². The molecule has 0 atom stereocenters. The smallest absolute Gasteiger partial charge is 0.163 e. The zero-order valence-corrected chi connectivity index (χ0v) is 14.7. The fourth-order valence-electron chi connectivity index (χ4n) is 3.14. The molecular formula is C20H25NO4. The second-order valence-corrected chi connectivity index (χ2v) is 6.21. The average molecular weight is 343 g/mol. The number of phenols is 1. The summed E-state index contributed by atoms with van der Waals surface area (Å²) in [6.45, 7) is 0.484. The van der Waals surface area contributed by atoms with E-state index in [0.29, 0.717) is 12.3 Å². The third kappa shape index (κ3) is 4.10. The molecule has 0 spiro atoms. The normalized spacial score (nSPS) is 14.3. The molecule has 1 fully saturated rings.